The van der Waals surface area contributed by atoms with E-state index in [1.54, 1.807) is 0 Å². The first-order valence-corrected chi connectivity index (χ1v) is 4.89. The van der Waals surface area contributed by atoms with Crippen LogP contribution in [-0.4, -0.2) is 31.0 Å². The van der Waals surface area contributed by atoms with Gasteiger partial charge in [-0.25, -0.2) is 0 Å². The van der Waals surface area contributed by atoms with Crippen molar-refractivity contribution in [1.29, 1.82) is 5.26 Å². The van der Waals surface area contributed by atoms with Crippen molar-refractivity contribution in [2.75, 3.05) is 24.6 Å². The average molecular weight is 244 g/mol. The van der Waals surface area contributed by atoms with Crippen molar-refractivity contribution in [3.63, 3.8) is 0 Å². The van der Waals surface area contributed by atoms with Gasteiger partial charge in [0, 0.05) is 12.2 Å². The maximum atomic E-state index is 12.3. The molecule has 1 aromatic rings. The number of hydrogen-bond acceptors (Lipinski definition) is 3. The number of alkyl halides is 3. The number of anilines is 1. The van der Waals surface area contributed by atoms with E-state index in [2.05, 4.69) is 0 Å². The third kappa shape index (κ3) is 4.33. The third-order valence-electron chi connectivity index (χ3n) is 2.10. The first kappa shape index (κ1) is 13.3. The highest BCUT2D eigenvalue weighted by Gasteiger charge is 2.30. The lowest BCUT2D eigenvalue weighted by Crippen LogP contribution is -2.36. The smallest absolute Gasteiger partial charge is 0.395 e. The van der Waals surface area contributed by atoms with Gasteiger partial charge in [0.25, 0.3) is 0 Å². The predicted octanol–water partition coefficient (Wildman–Crippen LogP) is 1.92. The topological polar surface area (TPSA) is 47.3 Å². The molecule has 0 unspecified atom stereocenters. The van der Waals surface area contributed by atoms with Crippen molar-refractivity contribution in [2.45, 2.75) is 6.18 Å². The molecule has 0 amide bonds. The Labute approximate surface area is 96.7 Å². The fraction of sp³-hybridized carbons (Fsp3) is 0.364. The van der Waals surface area contributed by atoms with Crippen LogP contribution >= 0.6 is 0 Å². The second-order valence-corrected chi connectivity index (χ2v) is 3.42. The molecule has 0 spiro atoms. The van der Waals surface area contributed by atoms with Crippen molar-refractivity contribution >= 4 is 5.69 Å². The van der Waals surface area contributed by atoms with Crippen molar-refractivity contribution in [1.82, 2.24) is 0 Å². The van der Waals surface area contributed by atoms with Crippen molar-refractivity contribution in [2.24, 2.45) is 0 Å². The molecule has 0 aliphatic carbocycles. The highest BCUT2D eigenvalue weighted by Crippen LogP contribution is 2.22. The SMILES string of the molecule is N#Cc1ccc(N(CCO)CC(F)(F)F)cc1. The van der Waals surface area contributed by atoms with Gasteiger partial charge >= 0.3 is 6.18 Å². The Hall–Kier alpha value is -1.74. The first-order valence-electron chi connectivity index (χ1n) is 4.89. The first-order chi connectivity index (χ1) is 7.96. The van der Waals surface area contributed by atoms with E-state index in [0.29, 0.717) is 11.3 Å². The fourth-order valence-corrected chi connectivity index (χ4v) is 1.38. The maximum absolute atomic E-state index is 12.3. The van der Waals surface area contributed by atoms with Crippen LogP contribution in [0.5, 0.6) is 0 Å². The minimum Gasteiger partial charge on any atom is -0.395 e. The van der Waals surface area contributed by atoms with Crippen molar-refractivity contribution < 1.29 is 18.3 Å². The monoisotopic (exact) mass is 244 g/mol. The highest BCUT2D eigenvalue weighted by atomic mass is 19.4. The summed E-state index contributed by atoms with van der Waals surface area (Å²) in [4.78, 5) is 1.02. The largest absolute Gasteiger partial charge is 0.405 e. The molecule has 0 aliphatic heterocycles. The van der Waals surface area contributed by atoms with Crippen LogP contribution in [0.15, 0.2) is 24.3 Å². The van der Waals surface area contributed by atoms with Crippen LogP contribution in [0.25, 0.3) is 0 Å². The molecule has 0 saturated carbocycles. The number of aliphatic hydroxyl groups is 1. The normalized spacial score (nSPS) is 11.0. The van der Waals surface area contributed by atoms with Crippen LogP contribution in [0.4, 0.5) is 18.9 Å². The van der Waals surface area contributed by atoms with E-state index in [9.17, 15) is 13.2 Å². The van der Waals surface area contributed by atoms with E-state index in [4.69, 9.17) is 10.4 Å². The van der Waals surface area contributed by atoms with Gasteiger partial charge in [-0.1, -0.05) is 0 Å². The Kier molecular flexibility index (Phi) is 4.35. The maximum Gasteiger partial charge on any atom is 0.405 e. The van der Waals surface area contributed by atoms with Gasteiger partial charge in [-0.05, 0) is 24.3 Å². The standard InChI is InChI=1S/C11H11F3N2O/c12-11(13,14)8-16(5-6-17)10-3-1-9(7-15)2-4-10/h1-4,17H,5-6,8H2. The van der Waals surface area contributed by atoms with E-state index in [-0.39, 0.29) is 13.2 Å². The lowest BCUT2D eigenvalue weighted by Gasteiger charge is -2.25. The van der Waals surface area contributed by atoms with E-state index in [0.717, 1.165) is 4.90 Å². The summed E-state index contributed by atoms with van der Waals surface area (Å²) in [6.45, 7) is -1.60. The van der Waals surface area contributed by atoms with Crippen LogP contribution in [0, 0.1) is 11.3 Å². The Morgan fingerprint density at radius 1 is 1.24 bits per heavy atom. The number of benzene rings is 1. The molecule has 92 valence electrons. The molecule has 0 heterocycles. The zero-order valence-corrected chi connectivity index (χ0v) is 8.91. The fourth-order valence-electron chi connectivity index (χ4n) is 1.38. The summed E-state index contributed by atoms with van der Waals surface area (Å²) < 4.78 is 36.9. The summed E-state index contributed by atoms with van der Waals surface area (Å²) in [5.41, 5.74) is 0.708. The Balaban J connectivity index is 2.86. The molecule has 1 rings (SSSR count). The van der Waals surface area contributed by atoms with Gasteiger partial charge in [0.15, 0.2) is 0 Å². The zero-order chi connectivity index (χ0) is 12.9. The molecule has 0 bridgehead atoms. The molecule has 0 fully saturated rings. The lowest BCUT2D eigenvalue weighted by molar-refractivity contribution is -0.119. The molecule has 0 radical (unpaired) electrons. The molecular weight excluding hydrogens is 233 g/mol. The molecule has 3 nitrogen and oxygen atoms in total. The summed E-state index contributed by atoms with van der Waals surface area (Å²) >= 11 is 0. The Bertz CT molecular complexity index is 395. The molecule has 1 N–H and O–H groups in total. The summed E-state index contributed by atoms with van der Waals surface area (Å²) in [7, 11) is 0. The van der Waals surface area contributed by atoms with Crippen LogP contribution in [0.2, 0.25) is 0 Å². The van der Waals surface area contributed by atoms with Gasteiger partial charge in [0.2, 0.25) is 0 Å². The number of rotatable bonds is 4. The number of nitrogens with zero attached hydrogens (tertiary/aromatic N) is 2. The zero-order valence-electron chi connectivity index (χ0n) is 8.91. The number of nitriles is 1. The highest BCUT2D eigenvalue weighted by molar-refractivity contribution is 5.49. The van der Waals surface area contributed by atoms with Gasteiger partial charge in [0.1, 0.15) is 6.54 Å². The van der Waals surface area contributed by atoms with E-state index >= 15 is 0 Å². The molecule has 6 heteroatoms. The van der Waals surface area contributed by atoms with Crippen LogP contribution < -0.4 is 4.90 Å². The van der Waals surface area contributed by atoms with Gasteiger partial charge in [-0.2, -0.15) is 18.4 Å². The van der Waals surface area contributed by atoms with Gasteiger partial charge in [-0.15, -0.1) is 0 Å². The van der Waals surface area contributed by atoms with Crippen LogP contribution in [0.1, 0.15) is 5.56 Å². The molecule has 1 aromatic carbocycles. The lowest BCUT2D eigenvalue weighted by atomic mass is 10.2. The van der Waals surface area contributed by atoms with Crippen molar-refractivity contribution in [3.8, 4) is 6.07 Å². The quantitative estimate of drug-likeness (QED) is 0.880. The molecule has 0 aromatic heterocycles. The average Bonchev–Trinajstić information content (AvgIpc) is 2.27. The predicted molar refractivity (Wildman–Crippen MR) is 56.5 cm³/mol. The van der Waals surface area contributed by atoms with E-state index in [1.165, 1.54) is 24.3 Å². The van der Waals surface area contributed by atoms with Crippen LogP contribution in [-0.2, 0) is 0 Å². The van der Waals surface area contributed by atoms with Gasteiger partial charge in [0.05, 0.1) is 18.2 Å². The van der Waals surface area contributed by atoms with E-state index in [1.807, 2.05) is 6.07 Å². The second-order valence-electron chi connectivity index (χ2n) is 3.42. The Morgan fingerprint density at radius 3 is 2.24 bits per heavy atom. The molecular formula is C11H11F3N2O. The Morgan fingerprint density at radius 2 is 1.82 bits per heavy atom. The second kappa shape index (κ2) is 5.55. The summed E-state index contributed by atoms with van der Waals surface area (Å²) in [6, 6.07) is 7.63. The number of hydrogen-bond donors (Lipinski definition) is 1. The van der Waals surface area contributed by atoms with Gasteiger partial charge in [-0.3, -0.25) is 0 Å². The minimum atomic E-state index is -4.33. The minimum absolute atomic E-state index is 0.106. The summed E-state index contributed by atoms with van der Waals surface area (Å²) in [5.74, 6) is 0. The summed E-state index contributed by atoms with van der Waals surface area (Å²) in [5, 5.41) is 17.3. The molecule has 0 aliphatic rings. The summed E-state index contributed by atoms with van der Waals surface area (Å²) in [6.07, 6.45) is -4.33. The number of aliphatic hydroxyl groups excluding tert-OH is 1. The van der Waals surface area contributed by atoms with E-state index < -0.39 is 12.7 Å². The van der Waals surface area contributed by atoms with Gasteiger partial charge < -0.3 is 10.0 Å². The molecule has 0 saturated heterocycles. The third-order valence-corrected chi connectivity index (χ3v) is 2.10. The van der Waals surface area contributed by atoms with Crippen LogP contribution in [0.3, 0.4) is 0 Å². The number of halogens is 3. The molecule has 0 atom stereocenters. The molecule has 17 heavy (non-hydrogen) atoms. The van der Waals surface area contributed by atoms with Crippen molar-refractivity contribution in [3.05, 3.63) is 29.8 Å².